The fraction of sp³-hybridized carbons (Fsp3) is 0.222. The number of benzene rings is 1. The second-order valence-electron chi connectivity index (χ2n) is 2.59. The Hall–Kier alpha value is -1.18. The summed E-state index contributed by atoms with van der Waals surface area (Å²) in [4.78, 5) is 0. The van der Waals surface area contributed by atoms with Crippen LogP contribution in [0.1, 0.15) is 17.2 Å². The lowest BCUT2D eigenvalue weighted by atomic mass is 10.1. The molecule has 0 saturated heterocycles. The Kier molecular flexibility index (Phi) is 5.06. The van der Waals surface area contributed by atoms with Crippen LogP contribution in [0.15, 0.2) is 24.3 Å². The predicted molar refractivity (Wildman–Crippen MR) is 51.3 cm³/mol. The third kappa shape index (κ3) is 2.95. The van der Waals surface area contributed by atoms with Crippen molar-refractivity contribution in [3.8, 4) is 6.07 Å². The van der Waals surface area contributed by atoms with Gasteiger partial charge in [0.1, 0.15) is 0 Å². The van der Waals surface area contributed by atoms with Gasteiger partial charge in [0, 0.05) is 0 Å². The molecule has 14 heavy (non-hydrogen) atoms. The lowest BCUT2D eigenvalue weighted by Crippen LogP contribution is -2.18. The molecule has 76 valence electrons. The Bertz CT molecular complexity index is 319. The Labute approximate surface area is 86.7 Å². The fourth-order valence-corrected chi connectivity index (χ4v) is 0.925. The van der Waals surface area contributed by atoms with E-state index in [1.54, 1.807) is 0 Å². The molecule has 2 N–H and O–H groups in total. The second kappa shape index (κ2) is 5.53. The largest absolute Gasteiger partial charge is 0.319 e. The molecule has 0 fully saturated rings. The normalized spacial score (nSPS) is 11.6. The van der Waals surface area contributed by atoms with Crippen LogP contribution in [-0.4, -0.2) is 6.43 Å². The van der Waals surface area contributed by atoms with Gasteiger partial charge in [0.15, 0.2) is 0 Å². The molecule has 0 spiro atoms. The lowest BCUT2D eigenvalue weighted by Gasteiger charge is -2.09. The third-order valence-electron chi connectivity index (χ3n) is 1.70. The first-order valence-electron chi connectivity index (χ1n) is 3.69. The van der Waals surface area contributed by atoms with E-state index in [-0.39, 0.29) is 12.4 Å². The molecule has 1 aromatic rings. The predicted octanol–water partition coefficient (Wildman–Crippen LogP) is 2.24. The number of halogens is 3. The van der Waals surface area contributed by atoms with Crippen molar-refractivity contribution in [3.63, 3.8) is 0 Å². The monoisotopic (exact) mass is 218 g/mol. The smallest absolute Gasteiger partial charge is 0.257 e. The maximum absolute atomic E-state index is 12.1. The molecule has 1 atom stereocenters. The third-order valence-corrected chi connectivity index (χ3v) is 1.70. The standard InChI is InChI=1S/C9H8F2N2.ClH/c10-9(11)8(13)7-3-1-6(5-12)2-4-7;/h1-4,8-9H,13H2;1H/t8-;/m1./s1. The van der Waals surface area contributed by atoms with Crippen molar-refractivity contribution >= 4 is 12.4 Å². The Balaban J connectivity index is 0.00000169. The van der Waals surface area contributed by atoms with Crippen molar-refractivity contribution in [1.82, 2.24) is 0 Å². The molecule has 0 radical (unpaired) electrons. The van der Waals surface area contributed by atoms with Crippen LogP contribution in [-0.2, 0) is 0 Å². The zero-order chi connectivity index (χ0) is 9.84. The van der Waals surface area contributed by atoms with E-state index in [0.717, 1.165) is 0 Å². The van der Waals surface area contributed by atoms with E-state index in [1.165, 1.54) is 24.3 Å². The average Bonchev–Trinajstić information content (AvgIpc) is 2.17. The first-order chi connectivity index (χ1) is 6.15. The van der Waals surface area contributed by atoms with Crippen LogP contribution in [0.5, 0.6) is 0 Å². The van der Waals surface area contributed by atoms with Crippen molar-refractivity contribution in [2.45, 2.75) is 12.5 Å². The van der Waals surface area contributed by atoms with Gasteiger partial charge in [-0.25, -0.2) is 8.78 Å². The molecule has 0 aliphatic heterocycles. The lowest BCUT2D eigenvalue weighted by molar-refractivity contribution is 0.116. The minimum absolute atomic E-state index is 0. The van der Waals surface area contributed by atoms with Crippen LogP contribution < -0.4 is 5.73 Å². The van der Waals surface area contributed by atoms with Gasteiger partial charge in [0.05, 0.1) is 17.7 Å². The minimum Gasteiger partial charge on any atom is -0.319 e. The van der Waals surface area contributed by atoms with Gasteiger partial charge in [-0.15, -0.1) is 12.4 Å². The van der Waals surface area contributed by atoms with Gasteiger partial charge in [-0.05, 0) is 17.7 Å². The quantitative estimate of drug-likeness (QED) is 0.828. The maximum Gasteiger partial charge on any atom is 0.257 e. The van der Waals surface area contributed by atoms with Gasteiger partial charge in [0.25, 0.3) is 6.43 Å². The van der Waals surface area contributed by atoms with Gasteiger partial charge >= 0.3 is 0 Å². The van der Waals surface area contributed by atoms with Crippen molar-refractivity contribution in [1.29, 1.82) is 5.26 Å². The summed E-state index contributed by atoms with van der Waals surface area (Å²) >= 11 is 0. The number of nitrogens with zero attached hydrogens (tertiary/aromatic N) is 1. The van der Waals surface area contributed by atoms with Crippen molar-refractivity contribution in [3.05, 3.63) is 35.4 Å². The van der Waals surface area contributed by atoms with E-state index in [2.05, 4.69) is 0 Å². The van der Waals surface area contributed by atoms with E-state index >= 15 is 0 Å². The summed E-state index contributed by atoms with van der Waals surface area (Å²) in [7, 11) is 0. The van der Waals surface area contributed by atoms with E-state index in [4.69, 9.17) is 11.0 Å². The average molecular weight is 219 g/mol. The second-order valence-corrected chi connectivity index (χ2v) is 2.59. The molecular weight excluding hydrogens is 210 g/mol. The Morgan fingerprint density at radius 2 is 1.71 bits per heavy atom. The number of nitrogens with two attached hydrogens (primary N) is 1. The van der Waals surface area contributed by atoms with E-state index in [9.17, 15) is 8.78 Å². The summed E-state index contributed by atoms with van der Waals surface area (Å²) in [6, 6.07) is 6.44. The first kappa shape index (κ1) is 12.8. The van der Waals surface area contributed by atoms with Crippen LogP contribution in [0.4, 0.5) is 8.78 Å². The van der Waals surface area contributed by atoms with E-state index in [0.29, 0.717) is 11.1 Å². The van der Waals surface area contributed by atoms with Crippen molar-refractivity contribution < 1.29 is 8.78 Å². The summed E-state index contributed by atoms with van der Waals surface area (Å²) < 4.78 is 24.2. The molecule has 2 nitrogen and oxygen atoms in total. The van der Waals surface area contributed by atoms with E-state index in [1.807, 2.05) is 6.07 Å². The van der Waals surface area contributed by atoms with Gasteiger partial charge < -0.3 is 5.73 Å². The molecule has 0 amide bonds. The van der Waals surface area contributed by atoms with Gasteiger partial charge in [0.2, 0.25) is 0 Å². The molecule has 0 aliphatic rings. The SMILES string of the molecule is Cl.N#Cc1ccc([C@@H](N)C(F)F)cc1. The highest BCUT2D eigenvalue weighted by Crippen LogP contribution is 2.17. The first-order valence-corrected chi connectivity index (χ1v) is 3.69. The molecule has 0 bridgehead atoms. The number of nitriles is 1. The van der Waals surface area contributed by atoms with Gasteiger partial charge in [-0.1, -0.05) is 12.1 Å². The zero-order valence-electron chi connectivity index (χ0n) is 7.15. The highest BCUT2D eigenvalue weighted by atomic mass is 35.5. The summed E-state index contributed by atoms with van der Waals surface area (Å²) in [5, 5.41) is 8.45. The molecule has 1 rings (SSSR count). The molecule has 0 saturated carbocycles. The zero-order valence-corrected chi connectivity index (χ0v) is 7.97. The highest BCUT2D eigenvalue weighted by Gasteiger charge is 2.16. The minimum atomic E-state index is -2.58. The van der Waals surface area contributed by atoms with Crippen LogP contribution in [0.3, 0.4) is 0 Å². The highest BCUT2D eigenvalue weighted by molar-refractivity contribution is 5.85. The van der Waals surface area contributed by atoms with Crippen molar-refractivity contribution in [2.24, 2.45) is 5.73 Å². The number of alkyl halides is 2. The maximum atomic E-state index is 12.1. The van der Waals surface area contributed by atoms with Crippen LogP contribution in [0.2, 0.25) is 0 Å². The molecule has 0 unspecified atom stereocenters. The Morgan fingerprint density at radius 1 is 1.21 bits per heavy atom. The summed E-state index contributed by atoms with van der Waals surface area (Å²) in [5.74, 6) is 0. The number of rotatable bonds is 2. The topological polar surface area (TPSA) is 49.8 Å². The summed E-state index contributed by atoms with van der Waals surface area (Å²) in [6.07, 6.45) is -2.58. The van der Waals surface area contributed by atoms with Gasteiger partial charge in [-0.2, -0.15) is 5.26 Å². The molecule has 0 aromatic heterocycles. The number of hydrogen-bond donors (Lipinski definition) is 1. The number of hydrogen-bond acceptors (Lipinski definition) is 2. The van der Waals surface area contributed by atoms with Crippen molar-refractivity contribution in [2.75, 3.05) is 0 Å². The summed E-state index contributed by atoms with van der Waals surface area (Å²) in [6.45, 7) is 0. The molecule has 0 aliphatic carbocycles. The van der Waals surface area contributed by atoms with Crippen LogP contribution in [0, 0.1) is 11.3 Å². The fourth-order valence-electron chi connectivity index (χ4n) is 0.925. The van der Waals surface area contributed by atoms with Crippen LogP contribution in [0.25, 0.3) is 0 Å². The van der Waals surface area contributed by atoms with E-state index < -0.39 is 12.5 Å². The molecule has 5 heteroatoms. The molecule has 0 heterocycles. The summed E-state index contributed by atoms with van der Waals surface area (Å²) in [5.41, 5.74) is 5.97. The molecule has 1 aromatic carbocycles. The Morgan fingerprint density at radius 3 is 2.07 bits per heavy atom. The van der Waals surface area contributed by atoms with Crippen LogP contribution >= 0.6 is 12.4 Å². The van der Waals surface area contributed by atoms with Gasteiger partial charge in [-0.3, -0.25) is 0 Å². The molecular formula is C9H9ClF2N2.